The Hall–Kier alpha value is -2.89. The van der Waals surface area contributed by atoms with Crippen LogP contribution in [0, 0.1) is 0 Å². The summed E-state index contributed by atoms with van der Waals surface area (Å²) in [5.41, 5.74) is 1.24. The third-order valence-electron chi connectivity index (χ3n) is 3.09. The Bertz CT molecular complexity index is 768. The molecule has 106 valence electrons. The van der Waals surface area contributed by atoms with Gasteiger partial charge in [0, 0.05) is 0 Å². The monoisotopic (exact) mass is 283 g/mol. The van der Waals surface area contributed by atoms with Gasteiger partial charge >= 0.3 is 5.97 Å². The second-order valence-corrected chi connectivity index (χ2v) is 4.45. The van der Waals surface area contributed by atoms with Gasteiger partial charge < -0.3 is 9.84 Å². The molecular formula is C15H13N3O3. The van der Waals surface area contributed by atoms with E-state index in [0.717, 1.165) is 5.75 Å². The number of carboxylic acid groups (broad SMARTS) is 1. The van der Waals surface area contributed by atoms with E-state index in [-0.39, 0.29) is 5.56 Å². The minimum absolute atomic E-state index is 0.155. The molecule has 3 aromatic rings. The summed E-state index contributed by atoms with van der Waals surface area (Å²) in [4.78, 5) is 11.1. The molecule has 0 aliphatic rings. The zero-order valence-corrected chi connectivity index (χ0v) is 11.1. The zero-order chi connectivity index (χ0) is 14.7. The summed E-state index contributed by atoms with van der Waals surface area (Å²) in [5.74, 6) is -0.221. The highest BCUT2D eigenvalue weighted by Gasteiger charge is 2.13. The lowest BCUT2D eigenvalue weighted by Gasteiger charge is -2.06. The maximum Gasteiger partial charge on any atom is 0.338 e. The van der Waals surface area contributed by atoms with Crippen molar-refractivity contribution >= 4 is 17.0 Å². The summed E-state index contributed by atoms with van der Waals surface area (Å²) in [6.07, 6.45) is 0. The molecule has 1 heterocycles. The quantitative estimate of drug-likeness (QED) is 0.776. The number of fused-ring (bicyclic) bond motifs is 1. The first-order valence-electron chi connectivity index (χ1n) is 6.49. The maximum absolute atomic E-state index is 11.1. The number of hydrogen-bond acceptors (Lipinski definition) is 4. The predicted octanol–water partition coefficient (Wildman–Crippen LogP) is 2.21. The lowest BCUT2D eigenvalue weighted by atomic mass is 10.2. The van der Waals surface area contributed by atoms with Crippen LogP contribution < -0.4 is 4.74 Å². The molecule has 2 aromatic carbocycles. The number of rotatable bonds is 5. The first-order valence-corrected chi connectivity index (χ1v) is 6.49. The Morgan fingerprint density at radius 1 is 1.14 bits per heavy atom. The Morgan fingerprint density at radius 2 is 1.95 bits per heavy atom. The average molecular weight is 283 g/mol. The normalized spacial score (nSPS) is 10.7. The zero-order valence-electron chi connectivity index (χ0n) is 11.1. The van der Waals surface area contributed by atoms with Crippen LogP contribution in [0.15, 0.2) is 48.5 Å². The molecule has 0 saturated carbocycles. The van der Waals surface area contributed by atoms with Crippen molar-refractivity contribution in [1.82, 2.24) is 15.0 Å². The van der Waals surface area contributed by atoms with Crippen molar-refractivity contribution in [2.45, 2.75) is 6.54 Å². The number of nitrogens with zero attached hydrogens (tertiary/aromatic N) is 3. The van der Waals surface area contributed by atoms with E-state index >= 15 is 0 Å². The predicted molar refractivity (Wildman–Crippen MR) is 76.4 cm³/mol. The Kier molecular flexibility index (Phi) is 3.51. The molecule has 6 nitrogen and oxygen atoms in total. The molecule has 0 amide bonds. The van der Waals surface area contributed by atoms with E-state index in [1.807, 2.05) is 30.3 Å². The van der Waals surface area contributed by atoms with E-state index in [9.17, 15) is 4.79 Å². The van der Waals surface area contributed by atoms with Gasteiger partial charge in [0.05, 0.1) is 17.6 Å². The largest absolute Gasteiger partial charge is 0.492 e. The van der Waals surface area contributed by atoms with Crippen molar-refractivity contribution in [2.24, 2.45) is 0 Å². The molecule has 0 aliphatic heterocycles. The third-order valence-corrected chi connectivity index (χ3v) is 3.09. The summed E-state index contributed by atoms with van der Waals surface area (Å²) >= 11 is 0. The minimum atomic E-state index is -1.01. The maximum atomic E-state index is 11.1. The second-order valence-electron chi connectivity index (χ2n) is 4.45. The molecule has 0 unspecified atom stereocenters. The van der Waals surface area contributed by atoms with Gasteiger partial charge in [0.15, 0.2) is 0 Å². The van der Waals surface area contributed by atoms with Crippen molar-refractivity contribution in [3.8, 4) is 5.75 Å². The standard InChI is InChI=1S/C15H13N3O3/c19-15(20)12-7-4-8-13-14(12)16-17-18(13)9-10-21-11-5-2-1-3-6-11/h1-8H,9-10H2,(H,19,20). The highest BCUT2D eigenvalue weighted by Crippen LogP contribution is 2.16. The molecule has 6 heteroatoms. The smallest absolute Gasteiger partial charge is 0.338 e. The first kappa shape index (κ1) is 13.1. The molecule has 1 aromatic heterocycles. The van der Waals surface area contributed by atoms with Crippen LogP contribution in [-0.4, -0.2) is 32.7 Å². The second kappa shape index (κ2) is 5.62. The Labute approximate surface area is 120 Å². The van der Waals surface area contributed by atoms with Crippen LogP contribution in [0.3, 0.4) is 0 Å². The van der Waals surface area contributed by atoms with Crippen LogP contribution in [0.1, 0.15) is 10.4 Å². The number of benzene rings is 2. The van der Waals surface area contributed by atoms with Crippen molar-refractivity contribution in [1.29, 1.82) is 0 Å². The topological polar surface area (TPSA) is 77.2 Å². The summed E-state index contributed by atoms with van der Waals surface area (Å²) in [7, 11) is 0. The fraction of sp³-hybridized carbons (Fsp3) is 0.133. The molecule has 0 bridgehead atoms. The minimum Gasteiger partial charge on any atom is -0.492 e. The van der Waals surface area contributed by atoms with Gasteiger partial charge in [-0.15, -0.1) is 5.10 Å². The van der Waals surface area contributed by atoms with E-state index in [2.05, 4.69) is 10.3 Å². The third kappa shape index (κ3) is 2.69. The lowest BCUT2D eigenvalue weighted by molar-refractivity contribution is 0.0699. The lowest BCUT2D eigenvalue weighted by Crippen LogP contribution is -2.09. The molecule has 3 rings (SSSR count). The van der Waals surface area contributed by atoms with E-state index in [0.29, 0.717) is 24.2 Å². The molecular weight excluding hydrogens is 270 g/mol. The van der Waals surface area contributed by atoms with Gasteiger partial charge in [0.25, 0.3) is 0 Å². The highest BCUT2D eigenvalue weighted by molar-refractivity contribution is 6.00. The van der Waals surface area contributed by atoms with Crippen LogP contribution in [0.2, 0.25) is 0 Å². The SMILES string of the molecule is O=C(O)c1cccc2c1nnn2CCOc1ccccc1. The van der Waals surface area contributed by atoms with Gasteiger partial charge in [-0.3, -0.25) is 0 Å². The van der Waals surface area contributed by atoms with Crippen molar-refractivity contribution < 1.29 is 14.6 Å². The average Bonchev–Trinajstić information content (AvgIpc) is 2.91. The van der Waals surface area contributed by atoms with Gasteiger partial charge in [0.1, 0.15) is 17.9 Å². The molecule has 0 radical (unpaired) electrons. The number of carboxylic acids is 1. The highest BCUT2D eigenvalue weighted by atomic mass is 16.5. The molecule has 0 spiro atoms. The Balaban J connectivity index is 1.76. The van der Waals surface area contributed by atoms with E-state index in [1.54, 1.807) is 16.8 Å². The number of aromatic nitrogens is 3. The molecule has 21 heavy (non-hydrogen) atoms. The fourth-order valence-electron chi connectivity index (χ4n) is 2.10. The van der Waals surface area contributed by atoms with Gasteiger partial charge in [-0.1, -0.05) is 29.5 Å². The van der Waals surface area contributed by atoms with Crippen LogP contribution in [0.4, 0.5) is 0 Å². The van der Waals surface area contributed by atoms with Crippen molar-refractivity contribution in [2.75, 3.05) is 6.61 Å². The number of ether oxygens (including phenoxy) is 1. The number of hydrogen-bond donors (Lipinski definition) is 1. The van der Waals surface area contributed by atoms with Crippen LogP contribution in [0.25, 0.3) is 11.0 Å². The number of para-hydroxylation sites is 1. The molecule has 0 aliphatic carbocycles. The van der Waals surface area contributed by atoms with E-state index < -0.39 is 5.97 Å². The molecule has 0 saturated heterocycles. The van der Waals surface area contributed by atoms with Gasteiger partial charge in [-0.05, 0) is 24.3 Å². The van der Waals surface area contributed by atoms with Crippen LogP contribution >= 0.6 is 0 Å². The summed E-state index contributed by atoms with van der Waals surface area (Å²) in [5, 5.41) is 17.1. The molecule has 1 N–H and O–H groups in total. The van der Waals surface area contributed by atoms with E-state index in [4.69, 9.17) is 9.84 Å². The summed E-state index contributed by atoms with van der Waals surface area (Å²) in [6.45, 7) is 0.925. The fourth-order valence-corrected chi connectivity index (χ4v) is 2.10. The number of aromatic carboxylic acids is 1. The molecule has 0 atom stereocenters. The molecule has 0 fully saturated rings. The van der Waals surface area contributed by atoms with Gasteiger partial charge in [-0.2, -0.15) is 0 Å². The van der Waals surface area contributed by atoms with Crippen LogP contribution in [-0.2, 0) is 6.54 Å². The Morgan fingerprint density at radius 3 is 2.71 bits per heavy atom. The van der Waals surface area contributed by atoms with Crippen molar-refractivity contribution in [3.63, 3.8) is 0 Å². The first-order chi connectivity index (χ1) is 10.3. The summed E-state index contributed by atoms with van der Waals surface area (Å²) in [6, 6.07) is 14.5. The van der Waals surface area contributed by atoms with E-state index in [1.165, 1.54) is 6.07 Å². The van der Waals surface area contributed by atoms with Gasteiger partial charge in [0.2, 0.25) is 0 Å². The van der Waals surface area contributed by atoms with Gasteiger partial charge in [-0.25, -0.2) is 9.48 Å². The summed E-state index contributed by atoms with van der Waals surface area (Å²) < 4.78 is 7.24. The van der Waals surface area contributed by atoms with Crippen LogP contribution in [0.5, 0.6) is 5.75 Å². The number of carbonyl (C=O) groups is 1. The van der Waals surface area contributed by atoms with Crippen molar-refractivity contribution in [3.05, 3.63) is 54.1 Å².